The van der Waals surface area contributed by atoms with Gasteiger partial charge in [-0.25, -0.2) is 0 Å². The second-order valence-electron chi connectivity index (χ2n) is 4.70. The van der Waals surface area contributed by atoms with Gasteiger partial charge in [0.2, 0.25) is 0 Å². The molecule has 0 amide bonds. The van der Waals surface area contributed by atoms with E-state index in [2.05, 4.69) is 31.9 Å². The monoisotopic (exact) mass is 439 g/mol. The first-order valence-corrected chi connectivity index (χ1v) is 8.69. The van der Waals surface area contributed by atoms with E-state index in [4.69, 9.17) is 14.9 Å². The molecular formula is C17H15Br2NO3. The minimum Gasteiger partial charge on any atom is -0.493 e. The first-order valence-electron chi connectivity index (χ1n) is 6.78. The molecule has 0 fully saturated rings. The number of nitrogens with one attached hydrogen (secondary N) is 1. The Hall–Kier alpha value is -1.66. The highest BCUT2D eigenvalue weighted by Crippen LogP contribution is 2.29. The number of halogens is 2. The number of carbonyl (C=O) groups is 1. The molecule has 0 saturated carbocycles. The summed E-state index contributed by atoms with van der Waals surface area (Å²) in [5, 5.41) is 7.73. The molecule has 2 aromatic carbocycles. The number of ether oxygens (including phenoxy) is 2. The molecule has 120 valence electrons. The number of ketones is 1. The highest BCUT2D eigenvalue weighted by Gasteiger charge is 2.11. The summed E-state index contributed by atoms with van der Waals surface area (Å²) < 4.78 is 12.0. The number of alkyl halides is 1. The lowest BCUT2D eigenvalue weighted by Gasteiger charge is -2.13. The third kappa shape index (κ3) is 4.42. The van der Waals surface area contributed by atoms with Gasteiger partial charge >= 0.3 is 0 Å². The fourth-order valence-corrected chi connectivity index (χ4v) is 2.73. The largest absolute Gasteiger partial charge is 0.493 e. The molecule has 0 aliphatic rings. The van der Waals surface area contributed by atoms with E-state index in [9.17, 15) is 4.79 Å². The summed E-state index contributed by atoms with van der Waals surface area (Å²) in [6.45, 7) is 0.306. The van der Waals surface area contributed by atoms with Crippen LogP contribution in [-0.2, 0) is 6.61 Å². The van der Waals surface area contributed by atoms with Gasteiger partial charge in [-0.2, -0.15) is 0 Å². The second kappa shape index (κ2) is 8.26. The molecule has 0 heterocycles. The summed E-state index contributed by atoms with van der Waals surface area (Å²) in [5.41, 5.74) is 2.24. The highest BCUT2D eigenvalue weighted by atomic mass is 79.9. The molecule has 6 heteroatoms. The van der Waals surface area contributed by atoms with Crippen molar-refractivity contribution < 1.29 is 14.3 Å². The Labute approximate surface area is 151 Å². The van der Waals surface area contributed by atoms with Crippen LogP contribution in [0.4, 0.5) is 0 Å². The Kier molecular flexibility index (Phi) is 6.36. The molecule has 1 N–H and O–H groups in total. The Bertz CT molecular complexity index is 732. The van der Waals surface area contributed by atoms with Crippen molar-refractivity contribution in [1.29, 1.82) is 5.41 Å². The van der Waals surface area contributed by atoms with Gasteiger partial charge in [0.15, 0.2) is 17.3 Å². The van der Waals surface area contributed by atoms with E-state index >= 15 is 0 Å². The Balaban J connectivity index is 2.20. The first-order chi connectivity index (χ1) is 11.1. The van der Waals surface area contributed by atoms with Crippen LogP contribution in [0.1, 0.15) is 21.5 Å². The zero-order chi connectivity index (χ0) is 16.8. The van der Waals surface area contributed by atoms with Crippen molar-refractivity contribution in [2.75, 3.05) is 12.4 Å². The number of rotatable bonds is 7. The third-order valence-corrected chi connectivity index (χ3v) is 4.26. The van der Waals surface area contributed by atoms with Gasteiger partial charge in [-0.1, -0.05) is 37.9 Å². The molecule has 0 bridgehead atoms. The maximum Gasteiger partial charge on any atom is 0.173 e. The van der Waals surface area contributed by atoms with Gasteiger partial charge in [-0.15, -0.1) is 0 Å². The average Bonchev–Trinajstić information content (AvgIpc) is 2.59. The fraction of sp³-hybridized carbons (Fsp3) is 0.176. The molecule has 0 aromatic heterocycles. The van der Waals surface area contributed by atoms with Gasteiger partial charge in [0.05, 0.1) is 12.4 Å². The topological polar surface area (TPSA) is 59.4 Å². The van der Waals surface area contributed by atoms with Crippen LogP contribution in [0.2, 0.25) is 0 Å². The van der Waals surface area contributed by atoms with Crippen molar-refractivity contribution in [2.45, 2.75) is 6.61 Å². The number of carbonyl (C=O) groups excluding carboxylic acids is 1. The predicted octanol–water partition coefficient (Wildman–Crippen LogP) is 4.61. The van der Waals surface area contributed by atoms with Crippen molar-refractivity contribution in [1.82, 2.24) is 0 Å². The quantitative estimate of drug-likeness (QED) is 0.388. The number of hydrogen-bond acceptors (Lipinski definition) is 4. The number of Topliss-reactive ketones (excluding diaryl/α,β-unsaturated/α-hetero) is 1. The molecule has 0 aliphatic heterocycles. The molecular weight excluding hydrogens is 426 g/mol. The molecule has 4 nitrogen and oxygen atoms in total. The Morgan fingerprint density at radius 2 is 2.00 bits per heavy atom. The molecule has 23 heavy (non-hydrogen) atoms. The predicted molar refractivity (Wildman–Crippen MR) is 97.5 cm³/mol. The van der Waals surface area contributed by atoms with Crippen molar-refractivity contribution in [3.05, 3.63) is 57.6 Å². The summed E-state index contributed by atoms with van der Waals surface area (Å²) in [4.78, 5) is 11.7. The Morgan fingerprint density at radius 3 is 2.65 bits per heavy atom. The zero-order valence-electron chi connectivity index (χ0n) is 12.4. The van der Waals surface area contributed by atoms with E-state index in [1.165, 1.54) is 13.3 Å². The molecule has 0 spiro atoms. The normalized spacial score (nSPS) is 10.2. The van der Waals surface area contributed by atoms with Gasteiger partial charge in [-0.3, -0.25) is 4.79 Å². The van der Waals surface area contributed by atoms with Crippen LogP contribution in [0.3, 0.4) is 0 Å². The van der Waals surface area contributed by atoms with Gasteiger partial charge in [0.1, 0.15) is 6.61 Å². The summed E-state index contributed by atoms with van der Waals surface area (Å²) in [5.74, 6) is 1.04. The van der Waals surface area contributed by atoms with Crippen LogP contribution in [0, 0.1) is 5.41 Å². The molecule has 0 aliphatic carbocycles. The van der Waals surface area contributed by atoms with E-state index < -0.39 is 0 Å². The second-order valence-corrected chi connectivity index (χ2v) is 6.18. The smallest absolute Gasteiger partial charge is 0.173 e. The highest BCUT2D eigenvalue weighted by molar-refractivity contribution is 9.10. The average molecular weight is 441 g/mol. The molecule has 2 aromatic rings. The maximum atomic E-state index is 11.7. The number of methoxy groups -OCH3 is 1. The van der Waals surface area contributed by atoms with Gasteiger partial charge in [-0.05, 0) is 41.5 Å². The number of hydrogen-bond donors (Lipinski definition) is 1. The van der Waals surface area contributed by atoms with Gasteiger partial charge in [0.25, 0.3) is 0 Å². The van der Waals surface area contributed by atoms with E-state index in [0.29, 0.717) is 23.7 Å². The van der Waals surface area contributed by atoms with Crippen molar-refractivity contribution in [2.24, 2.45) is 0 Å². The summed E-state index contributed by atoms with van der Waals surface area (Å²) in [7, 11) is 1.53. The standard InChI is InChI=1S/C17H15Br2NO3/c1-22-17-7-11(15(21)8-18)3-5-16(17)23-10-12-2-4-14(19)6-13(12)9-20/h2-7,9,20H,8,10H2,1H3. The molecule has 0 unspecified atom stereocenters. The summed E-state index contributed by atoms with van der Waals surface area (Å²) >= 11 is 6.54. The first kappa shape index (κ1) is 17.7. The van der Waals surface area contributed by atoms with Gasteiger partial charge < -0.3 is 14.9 Å². The van der Waals surface area contributed by atoms with Crippen molar-refractivity contribution >= 4 is 43.9 Å². The molecule has 0 radical (unpaired) electrons. The van der Waals surface area contributed by atoms with Gasteiger partial charge in [0, 0.05) is 16.3 Å². The van der Waals surface area contributed by atoms with E-state index in [1.807, 2.05) is 18.2 Å². The van der Waals surface area contributed by atoms with Crippen LogP contribution < -0.4 is 9.47 Å². The fourth-order valence-electron chi connectivity index (χ4n) is 2.02. The van der Waals surface area contributed by atoms with Crippen LogP contribution in [-0.4, -0.2) is 24.4 Å². The minimum absolute atomic E-state index is 0.0196. The van der Waals surface area contributed by atoms with Crippen molar-refractivity contribution in [3.8, 4) is 11.5 Å². The van der Waals surface area contributed by atoms with Crippen LogP contribution in [0.5, 0.6) is 11.5 Å². The summed E-state index contributed by atoms with van der Waals surface area (Å²) in [6, 6.07) is 10.8. The molecule has 0 atom stereocenters. The lowest BCUT2D eigenvalue weighted by molar-refractivity contribution is 0.102. The number of benzene rings is 2. The Morgan fingerprint density at radius 1 is 1.22 bits per heavy atom. The zero-order valence-corrected chi connectivity index (χ0v) is 15.6. The lowest BCUT2D eigenvalue weighted by atomic mass is 10.1. The van der Waals surface area contributed by atoms with Crippen LogP contribution in [0.25, 0.3) is 0 Å². The van der Waals surface area contributed by atoms with E-state index in [0.717, 1.165) is 15.6 Å². The van der Waals surface area contributed by atoms with E-state index in [1.54, 1.807) is 18.2 Å². The van der Waals surface area contributed by atoms with E-state index in [-0.39, 0.29) is 11.1 Å². The summed E-state index contributed by atoms with van der Waals surface area (Å²) in [6.07, 6.45) is 1.29. The van der Waals surface area contributed by atoms with Crippen LogP contribution >= 0.6 is 31.9 Å². The van der Waals surface area contributed by atoms with Crippen LogP contribution in [0.15, 0.2) is 40.9 Å². The SMILES string of the molecule is COc1cc(C(=O)CBr)ccc1OCc1ccc(Br)cc1C=N. The molecule has 0 saturated heterocycles. The third-order valence-electron chi connectivity index (χ3n) is 3.25. The lowest BCUT2D eigenvalue weighted by Crippen LogP contribution is -2.03. The molecule has 2 rings (SSSR count). The maximum absolute atomic E-state index is 11.7. The minimum atomic E-state index is -0.0196. The van der Waals surface area contributed by atoms with Crippen molar-refractivity contribution in [3.63, 3.8) is 0 Å².